The molecule has 0 spiro atoms. The lowest BCUT2D eigenvalue weighted by Crippen LogP contribution is -2.11. The smallest absolute Gasteiger partial charge is 0.300 e. The monoisotopic (exact) mass is 421 g/mol. The van der Waals surface area contributed by atoms with E-state index in [2.05, 4.69) is 39.4 Å². The highest BCUT2D eigenvalue weighted by atomic mass is 16.4. The van der Waals surface area contributed by atoms with E-state index in [-0.39, 0.29) is 13.3 Å². The predicted octanol–water partition coefficient (Wildman–Crippen LogP) is 5.01. The second kappa shape index (κ2) is 24.0. The number of anilines is 2. The summed E-state index contributed by atoms with van der Waals surface area (Å²) in [4.78, 5) is 22.9. The fourth-order valence-corrected chi connectivity index (χ4v) is 1.45. The van der Waals surface area contributed by atoms with E-state index in [1.807, 2.05) is 78.4 Å². The van der Waals surface area contributed by atoms with E-state index in [1.165, 1.54) is 18.3 Å². The first kappa shape index (κ1) is 34.5. The molecule has 0 bridgehead atoms. The zero-order chi connectivity index (χ0) is 23.2. The van der Waals surface area contributed by atoms with Crippen LogP contribution in [0.4, 0.5) is 11.4 Å². The zero-order valence-corrected chi connectivity index (χ0v) is 19.4. The van der Waals surface area contributed by atoms with Gasteiger partial charge in [0, 0.05) is 60.5 Å². The second-order valence-electron chi connectivity index (χ2n) is 5.79. The minimum Gasteiger partial charge on any atom is -0.481 e. The van der Waals surface area contributed by atoms with Gasteiger partial charge < -0.3 is 20.2 Å². The molecule has 2 rings (SSSR count). The molecule has 0 aliphatic carbocycles. The summed E-state index contributed by atoms with van der Waals surface area (Å²) in [6, 6.07) is 20.5. The van der Waals surface area contributed by atoms with Gasteiger partial charge in [-0.2, -0.15) is 0 Å². The molecule has 0 heterocycles. The van der Waals surface area contributed by atoms with Gasteiger partial charge in [-0.25, -0.2) is 0 Å². The van der Waals surface area contributed by atoms with Crippen molar-refractivity contribution in [2.75, 3.05) is 45.0 Å². The molecule has 0 fully saturated rings. The normalized spacial score (nSPS) is 7.63. The van der Waals surface area contributed by atoms with Crippen molar-refractivity contribution in [3.8, 4) is 0 Å². The maximum atomic E-state index is 9.70. The van der Waals surface area contributed by atoms with Crippen LogP contribution in [0.25, 0.3) is 0 Å². The van der Waals surface area contributed by atoms with Crippen LogP contribution in [-0.4, -0.2) is 52.2 Å². The average molecular weight is 422 g/mol. The molecule has 0 atom stereocenters. The van der Waals surface area contributed by atoms with Gasteiger partial charge in [-0.3, -0.25) is 9.59 Å². The standard InChI is InChI=1S/2C8H11N.C3H7NO.C2H4O2.C2H6.CH4/c2*1-9(2)8-6-4-3-5-7-8;1-3(5)4-2;1-2(3)4;1-2;/h2*3-7H,1-2H3;1-2H3,(H,4,5);1H3,(H,3,4);1-2H3;1H4. The molecular formula is C24H43N3O3. The molecule has 0 saturated heterocycles. The Bertz CT molecular complexity index is 569. The Morgan fingerprint density at radius 3 is 1.03 bits per heavy atom. The van der Waals surface area contributed by atoms with Crippen molar-refractivity contribution in [2.45, 2.75) is 35.1 Å². The van der Waals surface area contributed by atoms with Crippen molar-refractivity contribution in [1.29, 1.82) is 0 Å². The predicted molar refractivity (Wildman–Crippen MR) is 133 cm³/mol. The molecule has 0 aliphatic heterocycles. The first-order valence-corrected chi connectivity index (χ1v) is 9.44. The summed E-state index contributed by atoms with van der Waals surface area (Å²) in [5.74, 6) is -0.829. The Morgan fingerprint density at radius 2 is 0.933 bits per heavy atom. The summed E-state index contributed by atoms with van der Waals surface area (Å²) in [5.41, 5.74) is 2.50. The molecule has 6 nitrogen and oxygen atoms in total. The lowest BCUT2D eigenvalue weighted by Gasteiger charge is -2.10. The number of hydrogen-bond donors (Lipinski definition) is 2. The second-order valence-corrected chi connectivity index (χ2v) is 5.79. The first-order chi connectivity index (χ1) is 13.6. The third-order valence-corrected chi connectivity index (χ3v) is 2.90. The molecule has 0 aliphatic rings. The number of aliphatic carboxylic acids is 1. The van der Waals surface area contributed by atoms with Crippen LogP contribution in [0.15, 0.2) is 60.7 Å². The van der Waals surface area contributed by atoms with E-state index in [0.29, 0.717) is 0 Å². The van der Waals surface area contributed by atoms with Gasteiger partial charge in [-0.05, 0) is 24.3 Å². The number of amides is 1. The van der Waals surface area contributed by atoms with Crippen molar-refractivity contribution in [3.05, 3.63) is 60.7 Å². The van der Waals surface area contributed by atoms with Gasteiger partial charge in [0.05, 0.1) is 0 Å². The van der Waals surface area contributed by atoms with Crippen molar-refractivity contribution >= 4 is 23.3 Å². The van der Waals surface area contributed by atoms with E-state index in [4.69, 9.17) is 9.90 Å². The third kappa shape index (κ3) is 27.2. The Morgan fingerprint density at radius 1 is 0.733 bits per heavy atom. The van der Waals surface area contributed by atoms with E-state index in [0.717, 1.165) is 6.92 Å². The van der Waals surface area contributed by atoms with Gasteiger partial charge in [-0.15, -0.1) is 0 Å². The number of benzene rings is 2. The zero-order valence-electron chi connectivity index (χ0n) is 19.4. The van der Waals surface area contributed by atoms with Crippen LogP contribution in [0, 0.1) is 0 Å². The van der Waals surface area contributed by atoms with Crippen LogP contribution in [0.2, 0.25) is 0 Å². The average Bonchev–Trinajstić information content (AvgIpc) is 2.71. The van der Waals surface area contributed by atoms with Gasteiger partial charge in [0.25, 0.3) is 5.97 Å². The van der Waals surface area contributed by atoms with Crippen LogP contribution in [0.1, 0.15) is 35.1 Å². The highest BCUT2D eigenvalue weighted by molar-refractivity contribution is 5.72. The Labute approximate surface area is 184 Å². The van der Waals surface area contributed by atoms with Gasteiger partial charge in [0.2, 0.25) is 5.91 Å². The maximum absolute atomic E-state index is 9.70. The van der Waals surface area contributed by atoms with E-state index in [9.17, 15) is 4.79 Å². The number of hydrogen-bond acceptors (Lipinski definition) is 4. The van der Waals surface area contributed by atoms with Crippen LogP contribution >= 0.6 is 0 Å². The third-order valence-electron chi connectivity index (χ3n) is 2.90. The van der Waals surface area contributed by atoms with Crippen LogP contribution in [0.3, 0.4) is 0 Å². The first-order valence-electron chi connectivity index (χ1n) is 9.44. The molecule has 2 aromatic rings. The maximum Gasteiger partial charge on any atom is 0.300 e. The largest absolute Gasteiger partial charge is 0.481 e. The lowest BCUT2D eigenvalue weighted by atomic mass is 10.3. The van der Waals surface area contributed by atoms with Crippen LogP contribution in [0.5, 0.6) is 0 Å². The van der Waals surface area contributed by atoms with Crippen LogP contribution < -0.4 is 15.1 Å². The molecule has 6 heteroatoms. The lowest BCUT2D eigenvalue weighted by molar-refractivity contribution is -0.134. The summed E-state index contributed by atoms with van der Waals surface area (Å²) in [6.07, 6.45) is 0. The summed E-state index contributed by atoms with van der Waals surface area (Å²) in [7, 11) is 9.75. The van der Waals surface area contributed by atoms with Gasteiger partial charge in [-0.1, -0.05) is 57.7 Å². The minimum atomic E-state index is -0.833. The van der Waals surface area contributed by atoms with E-state index in [1.54, 1.807) is 7.05 Å². The van der Waals surface area contributed by atoms with E-state index < -0.39 is 5.97 Å². The Balaban J connectivity index is -0.000000152. The van der Waals surface area contributed by atoms with Crippen LogP contribution in [-0.2, 0) is 9.59 Å². The molecule has 2 N–H and O–H groups in total. The topological polar surface area (TPSA) is 72.9 Å². The SMILES string of the molecule is C.CC.CC(=O)O.CN(C)c1ccccc1.CN(C)c1ccccc1.CNC(C)=O. The number of nitrogens with one attached hydrogen (secondary N) is 1. The van der Waals surface area contributed by atoms with E-state index >= 15 is 0 Å². The summed E-state index contributed by atoms with van der Waals surface area (Å²) >= 11 is 0. The van der Waals surface area contributed by atoms with Crippen molar-refractivity contribution < 1.29 is 14.7 Å². The molecule has 0 radical (unpaired) electrons. The van der Waals surface area contributed by atoms with Crippen molar-refractivity contribution in [1.82, 2.24) is 5.32 Å². The molecule has 0 unspecified atom stereocenters. The molecule has 2 aromatic carbocycles. The molecular weight excluding hydrogens is 378 g/mol. The van der Waals surface area contributed by atoms with Crippen molar-refractivity contribution in [2.24, 2.45) is 0 Å². The molecule has 30 heavy (non-hydrogen) atoms. The minimum absolute atomic E-state index is 0. The summed E-state index contributed by atoms with van der Waals surface area (Å²) in [5, 5.41) is 9.81. The highest BCUT2D eigenvalue weighted by Gasteiger charge is 1.88. The van der Waals surface area contributed by atoms with Gasteiger partial charge >= 0.3 is 0 Å². The number of carboxylic acid groups (broad SMARTS) is 1. The molecule has 1 amide bonds. The van der Waals surface area contributed by atoms with Gasteiger partial charge in [0.15, 0.2) is 0 Å². The number of carbonyl (C=O) groups excluding carboxylic acids is 1. The number of nitrogens with zero attached hydrogens (tertiary/aromatic N) is 2. The molecule has 0 aromatic heterocycles. The molecule has 0 saturated carbocycles. The quantitative estimate of drug-likeness (QED) is 0.713. The fraction of sp³-hybridized carbons (Fsp3) is 0.417. The number of rotatable bonds is 2. The summed E-state index contributed by atoms with van der Waals surface area (Å²) in [6.45, 7) is 6.56. The summed E-state index contributed by atoms with van der Waals surface area (Å²) < 4.78 is 0. The number of para-hydroxylation sites is 2. The number of carboxylic acids is 1. The van der Waals surface area contributed by atoms with Crippen molar-refractivity contribution in [3.63, 3.8) is 0 Å². The Kier molecular flexibility index (Phi) is 27.6. The fourth-order valence-electron chi connectivity index (χ4n) is 1.45. The highest BCUT2D eigenvalue weighted by Crippen LogP contribution is 2.08. The number of carbonyl (C=O) groups is 2. The Hall–Kier alpha value is -3.02. The van der Waals surface area contributed by atoms with Gasteiger partial charge in [0.1, 0.15) is 0 Å². The molecule has 172 valence electrons.